The molecule has 0 amide bonds. The average Bonchev–Trinajstić information content (AvgIpc) is 3.20. The molecule has 132 valence electrons. The maximum Gasteiger partial charge on any atom is 0.259 e. The Morgan fingerprint density at radius 2 is 2.32 bits per heavy atom. The zero-order valence-corrected chi connectivity index (χ0v) is 16.5. The topological polar surface area (TPSA) is 49.0 Å². The highest BCUT2D eigenvalue weighted by Gasteiger charge is 2.24. The Balaban J connectivity index is 1.67. The molecule has 0 aliphatic heterocycles. The third kappa shape index (κ3) is 3.18. The van der Waals surface area contributed by atoms with Gasteiger partial charge in [-0.2, -0.15) is 0 Å². The van der Waals surface area contributed by atoms with E-state index in [1.807, 2.05) is 0 Å². The van der Waals surface area contributed by atoms with Crippen molar-refractivity contribution < 1.29 is 0 Å². The van der Waals surface area contributed by atoms with Crippen LogP contribution in [0.3, 0.4) is 0 Å². The molecule has 0 radical (unpaired) electrons. The number of hydrogen-bond donors (Lipinski definition) is 1. The van der Waals surface area contributed by atoms with E-state index in [2.05, 4.69) is 48.3 Å². The molecule has 0 unspecified atom stereocenters. The van der Waals surface area contributed by atoms with Crippen molar-refractivity contribution in [1.82, 2.24) is 14.9 Å². The van der Waals surface area contributed by atoms with Crippen LogP contribution in [0.1, 0.15) is 47.5 Å². The summed E-state index contributed by atoms with van der Waals surface area (Å²) >= 11 is 3.47. The lowest BCUT2D eigenvalue weighted by atomic mass is 9.89. The van der Waals surface area contributed by atoms with Gasteiger partial charge in [-0.3, -0.25) is 9.69 Å². The maximum absolute atomic E-state index is 12.8. The summed E-state index contributed by atoms with van der Waals surface area (Å²) in [5.41, 5.74) is 1.28. The minimum Gasteiger partial charge on any atom is -0.309 e. The second-order valence-electron chi connectivity index (χ2n) is 7.15. The summed E-state index contributed by atoms with van der Waals surface area (Å²) in [6.45, 7) is 5.25. The number of rotatable bonds is 4. The normalized spacial score (nSPS) is 18.6. The maximum atomic E-state index is 12.8. The molecule has 0 spiro atoms. The van der Waals surface area contributed by atoms with Crippen LogP contribution in [0.2, 0.25) is 0 Å². The van der Waals surface area contributed by atoms with E-state index < -0.39 is 0 Å². The zero-order valence-electron chi connectivity index (χ0n) is 14.8. The molecule has 0 bridgehead atoms. The quantitative estimate of drug-likeness (QED) is 0.739. The van der Waals surface area contributed by atoms with Crippen molar-refractivity contribution in [2.24, 2.45) is 5.92 Å². The highest BCUT2D eigenvalue weighted by Crippen LogP contribution is 2.36. The second kappa shape index (κ2) is 6.67. The summed E-state index contributed by atoms with van der Waals surface area (Å²) in [7, 11) is 2.08. The fourth-order valence-corrected chi connectivity index (χ4v) is 5.72. The van der Waals surface area contributed by atoms with Crippen LogP contribution in [-0.4, -0.2) is 21.9 Å². The summed E-state index contributed by atoms with van der Waals surface area (Å²) in [5, 5.41) is 2.93. The van der Waals surface area contributed by atoms with Crippen LogP contribution in [-0.2, 0) is 19.4 Å². The van der Waals surface area contributed by atoms with E-state index in [1.54, 1.807) is 22.7 Å². The van der Waals surface area contributed by atoms with Crippen molar-refractivity contribution in [3.05, 3.63) is 49.0 Å². The molecule has 1 aliphatic rings. The van der Waals surface area contributed by atoms with Gasteiger partial charge in [0.1, 0.15) is 10.7 Å². The molecule has 25 heavy (non-hydrogen) atoms. The summed E-state index contributed by atoms with van der Waals surface area (Å²) in [6.07, 6.45) is 3.26. The predicted molar refractivity (Wildman–Crippen MR) is 106 cm³/mol. The predicted octanol–water partition coefficient (Wildman–Crippen LogP) is 4.36. The molecule has 6 heteroatoms. The van der Waals surface area contributed by atoms with Crippen LogP contribution in [0.25, 0.3) is 10.2 Å². The van der Waals surface area contributed by atoms with Gasteiger partial charge in [-0.25, -0.2) is 4.98 Å². The van der Waals surface area contributed by atoms with Gasteiger partial charge in [0, 0.05) is 16.3 Å². The van der Waals surface area contributed by atoms with E-state index in [9.17, 15) is 4.79 Å². The Morgan fingerprint density at radius 3 is 3.08 bits per heavy atom. The monoisotopic (exact) mass is 373 g/mol. The number of nitrogens with zero attached hydrogens (tertiary/aromatic N) is 2. The highest BCUT2D eigenvalue weighted by atomic mass is 32.1. The molecule has 4 rings (SSSR count). The lowest BCUT2D eigenvalue weighted by Gasteiger charge is -2.23. The van der Waals surface area contributed by atoms with E-state index >= 15 is 0 Å². The zero-order chi connectivity index (χ0) is 17.6. The molecule has 0 fully saturated rings. The van der Waals surface area contributed by atoms with Gasteiger partial charge in [-0.15, -0.1) is 22.7 Å². The average molecular weight is 374 g/mol. The lowest BCUT2D eigenvalue weighted by molar-refractivity contribution is 0.246. The molecule has 0 aromatic carbocycles. The van der Waals surface area contributed by atoms with E-state index in [1.165, 1.54) is 21.7 Å². The second-order valence-corrected chi connectivity index (χ2v) is 9.27. The van der Waals surface area contributed by atoms with Gasteiger partial charge in [-0.1, -0.05) is 13.0 Å². The number of aromatic amines is 1. The van der Waals surface area contributed by atoms with Crippen LogP contribution in [0.15, 0.2) is 22.3 Å². The van der Waals surface area contributed by atoms with Crippen molar-refractivity contribution >= 4 is 32.9 Å². The Bertz CT molecular complexity index is 942. The summed E-state index contributed by atoms with van der Waals surface area (Å²) in [4.78, 5) is 26.5. The van der Waals surface area contributed by atoms with Crippen LogP contribution < -0.4 is 5.56 Å². The summed E-state index contributed by atoms with van der Waals surface area (Å²) in [6, 6.07) is 4.28. The van der Waals surface area contributed by atoms with Crippen molar-refractivity contribution in [3.8, 4) is 0 Å². The third-order valence-electron chi connectivity index (χ3n) is 5.23. The van der Waals surface area contributed by atoms with Gasteiger partial charge in [0.2, 0.25) is 0 Å². The van der Waals surface area contributed by atoms with E-state index in [4.69, 9.17) is 4.98 Å². The van der Waals surface area contributed by atoms with Crippen molar-refractivity contribution in [2.45, 2.75) is 45.7 Å². The number of fused-ring (bicyclic) bond motifs is 3. The van der Waals surface area contributed by atoms with Gasteiger partial charge in [-0.05, 0) is 56.2 Å². The molecule has 0 saturated carbocycles. The van der Waals surface area contributed by atoms with Crippen LogP contribution >= 0.6 is 22.7 Å². The lowest BCUT2D eigenvalue weighted by Crippen LogP contribution is -2.25. The molecular weight excluding hydrogens is 350 g/mol. The SMILES string of the molecule is C[C@@H]1CCc2c(sc3nc([C@@H](C)N(C)Cc4cccs4)[nH]c(=O)c23)C1. The van der Waals surface area contributed by atoms with E-state index in [0.29, 0.717) is 5.92 Å². The highest BCUT2D eigenvalue weighted by molar-refractivity contribution is 7.18. The van der Waals surface area contributed by atoms with Crippen LogP contribution in [0.5, 0.6) is 0 Å². The van der Waals surface area contributed by atoms with Gasteiger partial charge < -0.3 is 4.98 Å². The molecule has 4 nitrogen and oxygen atoms in total. The molecule has 1 aliphatic carbocycles. The molecule has 2 atom stereocenters. The number of aryl methyl sites for hydroxylation is 1. The number of hydrogen-bond acceptors (Lipinski definition) is 5. The first-order valence-corrected chi connectivity index (χ1v) is 10.5. The first-order valence-electron chi connectivity index (χ1n) is 8.80. The number of nitrogens with one attached hydrogen (secondary N) is 1. The summed E-state index contributed by atoms with van der Waals surface area (Å²) < 4.78 is 0. The largest absolute Gasteiger partial charge is 0.309 e. The van der Waals surface area contributed by atoms with Crippen molar-refractivity contribution in [2.75, 3.05) is 7.05 Å². The van der Waals surface area contributed by atoms with Crippen molar-refractivity contribution in [1.29, 1.82) is 0 Å². The third-order valence-corrected chi connectivity index (χ3v) is 7.24. The molecule has 0 saturated heterocycles. The van der Waals surface area contributed by atoms with Gasteiger partial charge >= 0.3 is 0 Å². The Morgan fingerprint density at radius 1 is 1.48 bits per heavy atom. The minimum atomic E-state index is 0.0310. The number of thiophene rings is 2. The standard InChI is InChI=1S/C19H23N3OS2/c1-11-6-7-14-15(9-11)25-19-16(14)18(23)20-17(21-19)12(2)22(3)10-13-5-4-8-24-13/h4-5,8,11-12H,6-7,9-10H2,1-3H3,(H,20,21,23)/t11-,12-/m1/s1. The Hall–Kier alpha value is -1.50. The van der Waals surface area contributed by atoms with E-state index in [0.717, 1.165) is 35.4 Å². The smallest absolute Gasteiger partial charge is 0.259 e. The molecule has 3 heterocycles. The molecule has 3 aromatic heterocycles. The minimum absolute atomic E-state index is 0.0310. The fourth-order valence-electron chi connectivity index (χ4n) is 3.56. The Labute approximate surface area is 155 Å². The first-order chi connectivity index (χ1) is 12.0. The Kier molecular flexibility index (Phi) is 4.52. The fraction of sp³-hybridized carbons (Fsp3) is 0.474. The van der Waals surface area contributed by atoms with Crippen LogP contribution in [0.4, 0.5) is 0 Å². The van der Waals surface area contributed by atoms with Crippen LogP contribution in [0, 0.1) is 5.92 Å². The van der Waals surface area contributed by atoms with Gasteiger partial charge in [0.25, 0.3) is 5.56 Å². The molecule has 3 aromatic rings. The van der Waals surface area contributed by atoms with Gasteiger partial charge in [0.15, 0.2) is 0 Å². The first kappa shape index (κ1) is 16.9. The van der Waals surface area contributed by atoms with E-state index in [-0.39, 0.29) is 11.6 Å². The molecular formula is C19H23N3OS2. The number of aromatic nitrogens is 2. The molecule has 1 N–H and O–H groups in total. The van der Waals surface area contributed by atoms with Crippen molar-refractivity contribution in [3.63, 3.8) is 0 Å². The number of H-pyrrole nitrogens is 1. The van der Waals surface area contributed by atoms with Gasteiger partial charge in [0.05, 0.1) is 11.4 Å². The summed E-state index contributed by atoms with van der Waals surface area (Å²) in [5.74, 6) is 1.47.